The van der Waals surface area contributed by atoms with Crippen LogP contribution in [0.2, 0.25) is 0 Å². The largest absolute Gasteiger partial charge is 0.486 e. The van der Waals surface area contributed by atoms with Crippen LogP contribution >= 0.6 is 0 Å². The molecule has 0 saturated carbocycles. The van der Waals surface area contributed by atoms with Gasteiger partial charge in [0, 0.05) is 38.6 Å². The SMILES string of the molecule is Cc1cc2c(cc1CC(=O)N1CCN(C(=O)c3cc[nH]c3)CC1)OCCO2. The van der Waals surface area contributed by atoms with Crippen molar-refractivity contribution in [2.75, 3.05) is 39.4 Å². The fourth-order valence-electron chi connectivity index (χ4n) is 3.50. The van der Waals surface area contributed by atoms with Gasteiger partial charge in [0.25, 0.3) is 5.91 Å². The third-order valence-corrected chi connectivity index (χ3v) is 5.11. The predicted molar refractivity (Wildman–Crippen MR) is 99.1 cm³/mol. The molecule has 0 spiro atoms. The minimum atomic E-state index is 0.00558. The van der Waals surface area contributed by atoms with Crippen LogP contribution in [0, 0.1) is 6.92 Å². The van der Waals surface area contributed by atoms with Gasteiger partial charge < -0.3 is 24.3 Å². The van der Waals surface area contributed by atoms with E-state index in [2.05, 4.69) is 4.98 Å². The number of hydrogen-bond acceptors (Lipinski definition) is 4. The molecular weight excluding hydrogens is 346 g/mol. The summed E-state index contributed by atoms with van der Waals surface area (Å²) in [6.07, 6.45) is 3.77. The highest BCUT2D eigenvalue weighted by Crippen LogP contribution is 2.33. The smallest absolute Gasteiger partial charge is 0.255 e. The molecular formula is C20H23N3O4. The molecule has 1 aromatic heterocycles. The number of nitrogens with zero attached hydrogens (tertiary/aromatic N) is 2. The highest BCUT2D eigenvalue weighted by molar-refractivity contribution is 5.94. The van der Waals surface area contributed by atoms with E-state index in [0.717, 1.165) is 16.9 Å². The molecule has 142 valence electrons. The van der Waals surface area contributed by atoms with Gasteiger partial charge >= 0.3 is 0 Å². The Hall–Kier alpha value is -2.96. The second kappa shape index (κ2) is 7.34. The van der Waals surface area contributed by atoms with E-state index < -0.39 is 0 Å². The van der Waals surface area contributed by atoms with Gasteiger partial charge in [-0.1, -0.05) is 0 Å². The van der Waals surface area contributed by atoms with E-state index in [9.17, 15) is 9.59 Å². The number of piperazine rings is 1. The number of fused-ring (bicyclic) bond motifs is 1. The van der Waals surface area contributed by atoms with Crippen molar-refractivity contribution in [3.05, 3.63) is 47.3 Å². The first-order valence-electron chi connectivity index (χ1n) is 9.21. The zero-order valence-corrected chi connectivity index (χ0v) is 15.4. The standard InChI is InChI=1S/C20H23N3O4/c1-14-10-17-18(27-9-8-26-17)11-16(14)12-19(24)22-4-6-23(7-5-22)20(25)15-2-3-21-13-15/h2-3,10-11,13,21H,4-9,12H2,1H3. The highest BCUT2D eigenvalue weighted by atomic mass is 16.6. The molecule has 2 aliphatic heterocycles. The van der Waals surface area contributed by atoms with E-state index in [1.807, 2.05) is 24.0 Å². The van der Waals surface area contributed by atoms with Crippen molar-refractivity contribution in [2.24, 2.45) is 0 Å². The maximum atomic E-state index is 12.7. The van der Waals surface area contributed by atoms with E-state index in [0.29, 0.717) is 57.1 Å². The van der Waals surface area contributed by atoms with Gasteiger partial charge in [0.15, 0.2) is 11.5 Å². The van der Waals surface area contributed by atoms with Crippen molar-refractivity contribution >= 4 is 11.8 Å². The Bertz CT molecular complexity index is 839. The minimum absolute atomic E-state index is 0.00558. The van der Waals surface area contributed by atoms with Crippen LogP contribution in [-0.2, 0) is 11.2 Å². The molecule has 27 heavy (non-hydrogen) atoms. The fourth-order valence-corrected chi connectivity index (χ4v) is 3.50. The van der Waals surface area contributed by atoms with E-state index in [1.54, 1.807) is 23.4 Å². The van der Waals surface area contributed by atoms with Crippen molar-refractivity contribution < 1.29 is 19.1 Å². The molecule has 0 unspecified atom stereocenters. The molecule has 1 aromatic carbocycles. The van der Waals surface area contributed by atoms with Crippen molar-refractivity contribution in [3.63, 3.8) is 0 Å². The van der Waals surface area contributed by atoms with Crippen molar-refractivity contribution in [1.82, 2.24) is 14.8 Å². The number of ether oxygens (including phenoxy) is 2. The number of hydrogen-bond donors (Lipinski definition) is 1. The van der Waals surface area contributed by atoms with Crippen LogP contribution in [0.3, 0.4) is 0 Å². The van der Waals surface area contributed by atoms with Gasteiger partial charge in [0.2, 0.25) is 5.91 Å². The molecule has 2 aromatic rings. The van der Waals surface area contributed by atoms with Crippen LogP contribution in [0.4, 0.5) is 0 Å². The molecule has 1 saturated heterocycles. The van der Waals surface area contributed by atoms with Gasteiger partial charge in [-0.05, 0) is 36.2 Å². The normalized spacial score (nSPS) is 16.3. The van der Waals surface area contributed by atoms with Crippen LogP contribution in [-0.4, -0.2) is 66.0 Å². The van der Waals surface area contributed by atoms with Gasteiger partial charge in [-0.3, -0.25) is 9.59 Å². The van der Waals surface area contributed by atoms with Crippen LogP contribution in [0.25, 0.3) is 0 Å². The second-order valence-corrected chi connectivity index (χ2v) is 6.87. The first-order valence-corrected chi connectivity index (χ1v) is 9.21. The molecule has 1 fully saturated rings. The summed E-state index contributed by atoms with van der Waals surface area (Å²) >= 11 is 0. The van der Waals surface area contributed by atoms with Crippen LogP contribution in [0.1, 0.15) is 21.5 Å². The molecule has 2 amide bonds. The Kier molecular flexibility index (Phi) is 4.75. The second-order valence-electron chi connectivity index (χ2n) is 6.87. The fraction of sp³-hybridized carbons (Fsp3) is 0.400. The molecule has 3 heterocycles. The summed E-state index contributed by atoms with van der Waals surface area (Å²) in [6, 6.07) is 5.61. The summed E-state index contributed by atoms with van der Waals surface area (Å²) < 4.78 is 11.2. The quantitative estimate of drug-likeness (QED) is 0.892. The summed E-state index contributed by atoms with van der Waals surface area (Å²) in [5, 5.41) is 0. The first-order chi connectivity index (χ1) is 13.1. The van der Waals surface area contributed by atoms with Gasteiger partial charge in [-0.25, -0.2) is 0 Å². The van der Waals surface area contributed by atoms with Gasteiger partial charge in [-0.15, -0.1) is 0 Å². The lowest BCUT2D eigenvalue weighted by Crippen LogP contribution is -2.51. The molecule has 1 N–H and O–H groups in total. The number of benzene rings is 1. The summed E-state index contributed by atoms with van der Waals surface area (Å²) in [7, 11) is 0. The molecule has 2 aliphatic rings. The first kappa shape index (κ1) is 17.5. The zero-order chi connectivity index (χ0) is 18.8. The third-order valence-electron chi connectivity index (χ3n) is 5.11. The van der Waals surface area contributed by atoms with Crippen molar-refractivity contribution in [1.29, 1.82) is 0 Å². The molecule has 7 heteroatoms. The summed E-state index contributed by atoms with van der Waals surface area (Å²) in [5.74, 6) is 1.53. The number of H-pyrrole nitrogens is 1. The number of carbonyl (C=O) groups excluding carboxylic acids is 2. The van der Waals surface area contributed by atoms with Gasteiger partial charge in [0.05, 0.1) is 12.0 Å². The monoisotopic (exact) mass is 369 g/mol. The average molecular weight is 369 g/mol. The molecule has 0 bridgehead atoms. The van der Waals surface area contributed by atoms with Crippen molar-refractivity contribution in [3.8, 4) is 11.5 Å². The van der Waals surface area contributed by atoms with Crippen molar-refractivity contribution in [2.45, 2.75) is 13.3 Å². The maximum Gasteiger partial charge on any atom is 0.255 e. The Labute approximate surface area is 157 Å². The molecule has 0 atom stereocenters. The van der Waals surface area contributed by atoms with Gasteiger partial charge in [-0.2, -0.15) is 0 Å². The lowest BCUT2D eigenvalue weighted by molar-refractivity contribution is -0.131. The molecule has 0 radical (unpaired) electrons. The van der Waals surface area contributed by atoms with E-state index in [-0.39, 0.29) is 11.8 Å². The highest BCUT2D eigenvalue weighted by Gasteiger charge is 2.25. The number of aryl methyl sites for hydroxylation is 1. The third kappa shape index (κ3) is 3.63. The Morgan fingerprint density at radius 1 is 1.04 bits per heavy atom. The number of aromatic nitrogens is 1. The number of nitrogens with one attached hydrogen (secondary N) is 1. The number of rotatable bonds is 3. The Balaban J connectivity index is 1.37. The molecule has 7 nitrogen and oxygen atoms in total. The number of carbonyl (C=O) groups is 2. The maximum absolute atomic E-state index is 12.7. The van der Waals surface area contributed by atoms with Crippen LogP contribution < -0.4 is 9.47 Å². The van der Waals surface area contributed by atoms with E-state index in [4.69, 9.17) is 9.47 Å². The van der Waals surface area contributed by atoms with Crippen LogP contribution in [0.5, 0.6) is 11.5 Å². The van der Waals surface area contributed by atoms with Crippen LogP contribution in [0.15, 0.2) is 30.6 Å². The Morgan fingerprint density at radius 3 is 2.37 bits per heavy atom. The molecule has 0 aliphatic carbocycles. The minimum Gasteiger partial charge on any atom is -0.486 e. The predicted octanol–water partition coefficient (Wildman–Crippen LogP) is 1.62. The lowest BCUT2D eigenvalue weighted by Gasteiger charge is -2.35. The number of amides is 2. The lowest BCUT2D eigenvalue weighted by atomic mass is 10.0. The van der Waals surface area contributed by atoms with E-state index >= 15 is 0 Å². The summed E-state index contributed by atoms with van der Waals surface area (Å²) in [6.45, 7) is 5.27. The summed E-state index contributed by atoms with van der Waals surface area (Å²) in [4.78, 5) is 31.6. The topological polar surface area (TPSA) is 74.9 Å². The van der Waals surface area contributed by atoms with Gasteiger partial charge in [0.1, 0.15) is 13.2 Å². The Morgan fingerprint density at radius 2 is 1.70 bits per heavy atom. The zero-order valence-electron chi connectivity index (χ0n) is 15.4. The summed E-state index contributed by atoms with van der Waals surface area (Å²) in [5.41, 5.74) is 2.63. The average Bonchev–Trinajstić information content (AvgIpc) is 3.23. The molecule has 4 rings (SSSR count). The van der Waals surface area contributed by atoms with E-state index in [1.165, 1.54) is 0 Å². The number of aromatic amines is 1.